The van der Waals surface area contributed by atoms with Gasteiger partial charge >= 0.3 is 0 Å². The molecule has 4 heteroatoms. The van der Waals surface area contributed by atoms with Crippen LogP contribution in [0, 0.1) is 39.8 Å². The minimum Gasteiger partial charge on any atom is -0.500 e. The average molecular weight is 747 g/mol. The van der Waals surface area contributed by atoms with E-state index in [1.165, 1.54) is 38.4 Å². The van der Waals surface area contributed by atoms with E-state index in [0.717, 1.165) is 49.8 Å². The fourth-order valence-electron chi connectivity index (χ4n) is 5.53. The van der Waals surface area contributed by atoms with Gasteiger partial charge in [-0.2, -0.15) is 0 Å². The second-order valence-electron chi connectivity index (χ2n) is 11.2. The number of benzene rings is 5. The van der Waals surface area contributed by atoms with Gasteiger partial charge in [-0.15, -0.1) is 53.6 Å². The molecule has 0 amide bonds. The Morgan fingerprint density at radius 3 is 2.11 bits per heavy atom. The Balaban J connectivity index is 0.000000194. The van der Waals surface area contributed by atoms with E-state index >= 15 is 0 Å². The van der Waals surface area contributed by atoms with E-state index in [1.807, 2.05) is 43.6 Å². The number of rotatable bonds is 2. The van der Waals surface area contributed by atoms with Crippen molar-refractivity contribution in [2.75, 3.05) is 0 Å². The Bertz CT molecular complexity index is 2220. The third-order valence-corrected chi connectivity index (χ3v) is 8.09. The van der Waals surface area contributed by atoms with Crippen LogP contribution in [0.25, 0.3) is 66.0 Å². The van der Waals surface area contributed by atoms with Gasteiger partial charge in [0.1, 0.15) is 5.58 Å². The van der Waals surface area contributed by atoms with E-state index in [9.17, 15) is 0 Å². The standard InChI is InChI=1S/C27H18NO.C13H12N.Ir/c1-16-14-24(28-15-17(16)2)23-9-5-8-21-22-13-12-19-11-10-18-6-3-4-7-20(18)25(19)27(22)29-26(21)23;1-10-3-6-12(7-4-10)13-8-5-11(2)9-14-13;/h3-8,10-15H,1-2H3;3-6,8-9H,1-2H3;/q2*-1;. The zero-order valence-electron chi connectivity index (χ0n) is 25.0. The maximum atomic E-state index is 6.56. The van der Waals surface area contributed by atoms with Gasteiger partial charge in [-0.25, -0.2) is 0 Å². The maximum Gasteiger partial charge on any atom is 0.129 e. The summed E-state index contributed by atoms with van der Waals surface area (Å²) < 4.78 is 6.56. The van der Waals surface area contributed by atoms with Crippen molar-refractivity contribution in [1.29, 1.82) is 0 Å². The monoisotopic (exact) mass is 747 g/mol. The van der Waals surface area contributed by atoms with Crippen LogP contribution in [-0.4, -0.2) is 9.97 Å². The van der Waals surface area contributed by atoms with E-state index in [1.54, 1.807) is 0 Å². The minimum atomic E-state index is 0. The number of aromatic nitrogens is 2. The Morgan fingerprint density at radius 2 is 1.34 bits per heavy atom. The van der Waals surface area contributed by atoms with Crippen molar-refractivity contribution >= 4 is 43.5 Å². The quantitative estimate of drug-likeness (QED) is 0.131. The van der Waals surface area contributed by atoms with Gasteiger partial charge in [0.05, 0.1) is 5.58 Å². The Hall–Kier alpha value is -4.63. The topological polar surface area (TPSA) is 38.9 Å². The van der Waals surface area contributed by atoms with Gasteiger partial charge in [0.2, 0.25) is 0 Å². The number of hydrogen-bond acceptors (Lipinski definition) is 3. The number of fused-ring (bicyclic) bond motifs is 7. The molecule has 0 aliphatic rings. The van der Waals surface area contributed by atoms with Crippen LogP contribution in [0.1, 0.15) is 22.3 Å². The normalized spacial score (nSPS) is 11.0. The van der Waals surface area contributed by atoms with Crippen LogP contribution in [0.4, 0.5) is 0 Å². The number of aryl methyl sites for hydroxylation is 4. The SMILES string of the molecule is Cc1c[c-]c(-c2ccc(C)cn2)cc1.Cc1cnc(-c2[c-]ccc3c2oc2c3ccc3ccc4ccccc4c32)cc1C.[Ir]. The molecule has 0 saturated carbocycles. The van der Waals surface area contributed by atoms with Crippen molar-refractivity contribution in [3.05, 3.63) is 144 Å². The first kappa shape index (κ1) is 29.4. The van der Waals surface area contributed by atoms with Gasteiger partial charge in [-0.05, 0) is 59.4 Å². The van der Waals surface area contributed by atoms with Crippen molar-refractivity contribution in [3.8, 4) is 22.5 Å². The van der Waals surface area contributed by atoms with Crippen molar-refractivity contribution in [2.45, 2.75) is 27.7 Å². The minimum absolute atomic E-state index is 0. The van der Waals surface area contributed by atoms with Gasteiger partial charge in [-0.1, -0.05) is 90.2 Å². The molecule has 0 saturated heterocycles. The third kappa shape index (κ3) is 5.43. The molecule has 8 aromatic rings. The molecule has 0 fully saturated rings. The van der Waals surface area contributed by atoms with Crippen molar-refractivity contribution in [2.24, 2.45) is 0 Å². The van der Waals surface area contributed by atoms with Gasteiger partial charge < -0.3 is 14.4 Å². The average Bonchev–Trinajstić information content (AvgIpc) is 3.42. The molecule has 0 N–H and O–H groups in total. The van der Waals surface area contributed by atoms with Crippen LogP contribution in [-0.2, 0) is 20.1 Å². The molecule has 0 aliphatic heterocycles. The fourth-order valence-corrected chi connectivity index (χ4v) is 5.53. The molecule has 5 aromatic carbocycles. The maximum absolute atomic E-state index is 6.56. The summed E-state index contributed by atoms with van der Waals surface area (Å²) in [4.78, 5) is 9.00. The summed E-state index contributed by atoms with van der Waals surface area (Å²) in [5, 5.41) is 7.01. The number of furan rings is 1. The molecular weight excluding hydrogens is 717 g/mol. The molecule has 0 aliphatic carbocycles. The smallest absolute Gasteiger partial charge is 0.129 e. The second-order valence-corrected chi connectivity index (χ2v) is 11.2. The third-order valence-electron chi connectivity index (χ3n) is 8.09. The molecule has 3 nitrogen and oxygen atoms in total. The molecule has 8 rings (SSSR count). The van der Waals surface area contributed by atoms with E-state index in [-0.39, 0.29) is 20.1 Å². The molecule has 0 atom stereocenters. The molecular formula is C40H30IrN2O-2. The first-order chi connectivity index (χ1) is 21.0. The van der Waals surface area contributed by atoms with Crippen LogP contribution >= 0.6 is 0 Å². The van der Waals surface area contributed by atoms with Crippen LogP contribution < -0.4 is 0 Å². The predicted molar refractivity (Wildman–Crippen MR) is 178 cm³/mol. The Labute approximate surface area is 271 Å². The molecule has 0 bridgehead atoms. The van der Waals surface area contributed by atoms with Crippen molar-refractivity contribution in [3.63, 3.8) is 0 Å². The van der Waals surface area contributed by atoms with Crippen LogP contribution in [0.5, 0.6) is 0 Å². The molecule has 3 aromatic heterocycles. The number of hydrogen-bond donors (Lipinski definition) is 0. The van der Waals surface area contributed by atoms with Crippen molar-refractivity contribution < 1.29 is 24.5 Å². The molecule has 0 spiro atoms. The summed E-state index contributed by atoms with van der Waals surface area (Å²) in [5.74, 6) is 0. The van der Waals surface area contributed by atoms with Crippen LogP contribution in [0.3, 0.4) is 0 Å². The first-order valence-electron chi connectivity index (χ1n) is 14.5. The van der Waals surface area contributed by atoms with Gasteiger partial charge in [0.25, 0.3) is 0 Å². The first-order valence-corrected chi connectivity index (χ1v) is 14.5. The van der Waals surface area contributed by atoms with Gasteiger partial charge in [0, 0.05) is 43.3 Å². The van der Waals surface area contributed by atoms with Crippen LogP contribution in [0.2, 0.25) is 0 Å². The van der Waals surface area contributed by atoms with E-state index < -0.39 is 0 Å². The second kappa shape index (κ2) is 12.2. The molecule has 44 heavy (non-hydrogen) atoms. The summed E-state index contributed by atoms with van der Waals surface area (Å²) in [5.41, 5.74) is 10.4. The molecule has 217 valence electrons. The zero-order chi connectivity index (χ0) is 29.5. The largest absolute Gasteiger partial charge is 0.500 e. The van der Waals surface area contributed by atoms with Crippen molar-refractivity contribution in [1.82, 2.24) is 9.97 Å². The Morgan fingerprint density at radius 1 is 0.591 bits per heavy atom. The molecule has 3 heterocycles. The molecule has 1 radical (unpaired) electrons. The zero-order valence-corrected chi connectivity index (χ0v) is 27.4. The summed E-state index contributed by atoms with van der Waals surface area (Å²) >= 11 is 0. The molecule has 0 unspecified atom stereocenters. The number of nitrogens with zero attached hydrogens (tertiary/aromatic N) is 2. The summed E-state index contributed by atoms with van der Waals surface area (Å²) in [6.07, 6.45) is 3.80. The van der Waals surface area contributed by atoms with Crippen LogP contribution in [0.15, 0.2) is 114 Å². The predicted octanol–water partition coefficient (Wildman–Crippen LogP) is 10.5. The Kier molecular flexibility index (Phi) is 8.14. The summed E-state index contributed by atoms with van der Waals surface area (Å²) in [6.45, 7) is 8.28. The van der Waals surface area contributed by atoms with E-state index in [0.29, 0.717) is 0 Å². The fraction of sp³-hybridized carbons (Fsp3) is 0.100. The van der Waals surface area contributed by atoms with E-state index in [2.05, 4.69) is 116 Å². The van der Waals surface area contributed by atoms with E-state index in [4.69, 9.17) is 4.42 Å². The number of pyridine rings is 2. The van der Waals surface area contributed by atoms with Gasteiger partial charge in [0.15, 0.2) is 0 Å². The summed E-state index contributed by atoms with van der Waals surface area (Å²) in [7, 11) is 0. The summed E-state index contributed by atoms with van der Waals surface area (Å²) in [6, 6.07) is 40.1. The van der Waals surface area contributed by atoms with Gasteiger partial charge in [-0.3, -0.25) is 0 Å².